The number of methoxy groups -OCH3 is 4. The van der Waals surface area contributed by atoms with E-state index in [2.05, 4.69) is 4.90 Å². The van der Waals surface area contributed by atoms with Crippen molar-refractivity contribution in [3.8, 4) is 0 Å². The van der Waals surface area contributed by atoms with Crippen LogP contribution in [0.1, 0.15) is 30.1 Å². The summed E-state index contributed by atoms with van der Waals surface area (Å²) < 4.78 is 36.4. The van der Waals surface area contributed by atoms with E-state index >= 15 is 0 Å². The first-order valence-electron chi connectivity index (χ1n) is 15.3. The Morgan fingerprint density at radius 3 is 2.34 bits per heavy atom. The SMILES string of the molecule is COC[C@]12CN(C)[C@H]3[C@@H]4[C@H](OC)[C@H]1[C@@]3([C@@H](OC)C[C@H]2O)[C@@H]1C[C@@H](OC)[C@H](O)[C@@]4(OC(C)=O)[C@H]1[C@@H](O)OC(=O)c1ccccc1. The summed E-state index contributed by atoms with van der Waals surface area (Å²) in [6.07, 6.45) is -5.42. The Morgan fingerprint density at radius 1 is 1.05 bits per heavy atom. The van der Waals surface area contributed by atoms with E-state index in [-0.39, 0.29) is 24.6 Å². The Kier molecular flexibility index (Phi) is 8.15. The fourth-order valence-electron chi connectivity index (χ4n) is 11.1. The van der Waals surface area contributed by atoms with Crippen molar-refractivity contribution < 1.29 is 53.3 Å². The number of aliphatic hydroxyl groups is 3. The molecule has 1 aliphatic heterocycles. The summed E-state index contributed by atoms with van der Waals surface area (Å²) >= 11 is 0. The number of carbonyl (C=O) groups excluding carboxylic acids is 2. The molecule has 12 nitrogen and oxygen atoms in total. The van der Waals surface area contributed by atoms with Crippen LogP contribution in [0.2, 0.25) is 0 Å². The average Bonchev–Trinajstić information content (AvgIpc) is 3.22. The second kappa shape index (κ2) is 11.3. The lowest BCUT2D eigenvalue weighted by molar-refractivity contribution is -0.347. The molecule has 1 spiro atoms. The summed E-state index contributed by atoms with van der Waals surface area (Å²) in [5.74, 6) is -4.20. The Hall–Kier alpha value is -2.16. The minimum absolute atomic E-state index is 0.223. The van der Waals surface area contributed by atoms with Crippen LogP contribution >= 0.6 is 0 Å². The molecule has 0 aromatic heterocycles. The third kappa shape index (κ3) is 3.92. The van der Waals surface area contributed by atoms with Gasteiger partial charge in [0.15, 0.2) is 5.60 Å². The van der Waals surface area contributed by atoms with Crippen LogP contribution in [-0.2, 0) is 33.2 Å². The fourth-order valence-corrected chi connectivity index (χ4v) is 11.1. The maximum Gasteiger partial charge on any atom is 0.340 e. The first kappa shape index (κ1) is 31.8. The molecule has 244 valence electrons. The number of likely N-dealkylation sites (tertiary alicyclic amines) is 1. The molecule has 3 N–H and O–H groups in total. The highest BCUT2D eigenvalue weighted by Crippen LogP contribution is 2.78. The standard InChI is InChI=1S/C32H45NO11/c1-16(34)44-32-22(29(38)43-28(37)17-10-8-7-9-11-17)18(12-19(40-4)27(32)36)31-21(41-5)13-20(35)30(15-39-3)14-33(2)26(31)23(32)24(42-6)25(30)31/h7-11,18-27,29,35-36,38H,12-15H2,1-6H3/t18-,19-,20-,21+,22-,23+,24+,25-,26+,27+,29+,30+,31+,32-/m1/s1. The fraction of sp³-hybridized carbons (Fsp3) is 0.750. The maximum atomic E-state index is 13.3. The second-order valence-corrected chi connectivity index (χ2v) is 13.4. The van der Waals surface area contributed by atoms with Crippen LogP contribution in [0.5, 0.6) is 0 Å². The van der Waals surface area contributed by atoms with Crippen molar-refractivity contribution in [2.75, 3.05) is 48.6 Å². The largest absolute Gasteiger partial charge is 0.455 e. The van der Waals surface area contributed by atoms with Crippen LogP contribution in [0.4, 0.5) is 0 Å². The molecule has 0 amide bonds. The third-order valence-electron chi connectivity index (χ3n) is 11.9. The summed E-state index contributed by atoms with van der Waals surface area (Å²) in [6.45, 7) is 1.95. The van der Waals surface area contributed by atoms with E-state index in [4.69, 9.17) is 28.4 Å². The summed E-state index contributed by atoms with van der Waals surface area (Å²) in [4.78, 5) is 28.5. The van der Waals surface area contributed by atoms with Crippen molar-refractivity contribution in [1.29, 1.82) is 0 Å². The quantitative estimate of drug-likeness (QED) is 0.260. The van der Waals surface area contributed by atoms with Gasteiger partial charge in [0.25, 0.3) is 0 Å². The monoisotopic (exact) mass is 619 g/mol. The van der Waals surface area contributed by atoms with Crippen LogP contribution in [0.15, 0.2) is 30.3 Å². The molecular weight excluding hydrogens is 574 g/mol. The molecule has 6 rings (SSSR count). The minimum atomic E-state index is -1.79. The molecule has 1 saturated heterocycles. The van der Waals surface area contributed by atoms with Crippen LogP contribution < -0.4 is 0 Å². The van der Waals surface area contributed by atoms with Gasteiger partial charge in [-0.3, -0.25) is 4.79 Å². The highest BCUT2D eigenvalue weighted by atomic mass is 16.6. The maximum absolute atomic E-state index is 13.3. The molecular formula is C32H45NO11. The highest BCUT2D eigenvalue weighted by molar-refractivity contribution is 5.89. The zero-order chi connectivity index (χ0) is 31.8. The molecule has 1 aromatic carbocycles. The summed E-state index contributed by atoms with van der Waals surface area (Å²) in [5.41, 5.74) is -3.17. The normalized spacial score (nSPS) is 46.3. The molecule has 4 aliphatic carbocycles. The molecule has 1 aromatic rings. The Balaban J connectivity index is 1.62. The predicted octanol–water partition coefficient (Wildman–Crippen LogP) is 0.463. The van der Waals surface area contributed by atoms with Gasteiger partial charge in [-0.05, 0) is 31.5 Å². The number of ether oxygens (including phenoxy) is 6. The van der Waals surface area contributed by atoms with Gasteiger partial charge >= 0.3 is 11.9 Å². The Morgan fingerprint density at radius 2 is 1.75 bits per heavy atom. The van der Waals surface area contributed by atoms with Crippen molar-refractivity contribution in [1.82, 2.24) is 4.90 Å². The van der Waals surface area contributed by atoms with E-state index in [9.17, 15) is 24.9 Å². The predicted molar refractivity (Wildman–Crippen MR) is 153 cm³/mol. The van der Waals surface area contributed by atoms with Gasteiger partial charge in [0.2, 0.25) is 6.29 Å². The highest BCUT2D eigenvalue weighted by Gasteiger charge is 2.88. The van der Waals surface area contributed by atoms with E-state index in [0.717, 1.165) is 0 Å². The van der Waals surface area contributed by atoms with Crippen molar-refractivity contribution >= 4 is 11.9 Å². The van der Waals surface area contributed by atoms with Crippen molar-refractivity contribution in [3.05, 3.63) is 35.9 Å². The van der Waals surface area contributed by atoms with E-state index in [1.807, 2.05) is 7.05 Å². The number of benzene rings is 1. The van der Waals surface area contributed by atoms with Gasteiger partial charge in [0, 0.05) is 77.0 Å². The van der Waals surface area contributed by atoms with Crippen LogP contribution in [0, 0.1) is 34.5 Å². The van der Waals surface area contributed by atoms with Gasteiger partial charge in [-0.15, -0.1) is 0 Å². The van der Waals surface area contributed by atoms with Gasteiger partial charge in [0.05, 0.1) is 42.5 Å². The van der Waals surface area contributed by atoms with E-state index in [1.54, 1.807) is 51.7 Å². The third-order valence-corrected chi connectivity index (χ3v) is 11.9. The molecule has 5 fully saturated rings. The number of aliphatic hydroxyl groups excluding tert-OH is 3. The molecule has 14 atom stereocenters. The minimum Gasteiger partial charge on any atom is -0.455 e. The van der Waals surface area contributed by atoms with Crippen molar-refractivity contribution in [2.24, 2.45) is 34.5 Å². The van der Waals surface area contributed by atoms with E-state index in [0.29, 0.717) is 13.0 Å². The van der Waals surface area contributed by atoms with Crippen LogP contribution in [0.3, 0.4) is 0 Å². The molecule has 44 heavy (non-hydrogen) atoms. The number of esters is 2. The second-order valence-electron chi connectivity index (χ2n) is 13.4. The molecule has 12 heteroatoms. The number of hydrogen-bond acceptors (Lipinski definition) is 12. The van der Waals surface area contributed by atoms with Crippen LogP contribution in [-0.4, -0.2) is 129 Å². The van der Waals surface area contributed by atoms with Gasteiger partial charge in [-0.25, -0.2) is 4.79 Å². The molecule has 0 radical (unpaired) electrons. The summed E-state index contributed by atoms with van der Waals surface area (Å²) in [6, 6.07) is 7.96. The van der Waals surface area contributed by atoms with Crippen LogP contribution in [0.25, 0.3) is 0 Å². The summed E-state index contributed by atoms with van der Waals surface area (Å²) in [7, 11) is 8.24. The number of fused-ring (bicyclic) bond motifs is 3. The van der Waals surface area contributed by atoms with Gasteiger partial charge < -0.3 is 48.6 Å². The average molecular weight is 620 g/mol. The molecule has 4 saturated carbocycles. The lowest BCUT2D eigenvalue weighted by Gasteiger charge is -2.72. The molecule has 5 aliphatic rings. The van der Waals surface area contributed by atoms with Gasteiger partial charge in [-0.2, -0.15) is 0 Å². The van der Waals surface area contributed by atoms with E-state index < -0.39 is 88.9 Å². The lowest BCUT2D eigenvalue weighted by Crippen LogP contribution is -2.82. The molecule has 7 bridgehead atoms. The smallest absolute Gasteiger partial charge is 0.340 e. The topological polar surface area (TPSA) is 153 Å². The Bertz CT molecular complexity index is 1250. The number of hydrogen-bond donors (Lipinski definition) is 3. The number of rotatable bonds is 9. The number of nitrogens with zero attached hydrogens (tertiary/aromatic N) is 1. The molecule has 1 heterocycles. The van der Waals surface area contributed by atoms with Crippen molar-refractivity contribution in [2.45, 2.75) is 68.2 Å². The summed E-state index contributed by atoms with van der Waals surface area (Å²) in [5, 5.41) is 36.1. The first-order valence-corrected chi connectivity index (χ1v) is 15.3. The zero-order valence-corrected chi connectivity index (χ0v) is 26.1. The zero-order valence-electron chi connectivity index (χ0n) is 26.1. The van der Waals surface area contributed by atoms with Crippen molar-refractivity contribution in [3.63, 3.8) is 0 Å². The van der Waals surface area contributed by atoms with Gasteiger partial charge in [0.1, 0.15) is 6.10 Å². The molecule has 0 unspecified atom stereocenters. The first-order chi connectivity index (χ1) is 21.0. The van der Waals surface area contributed by atoms with Gasteiger partial charge in [-0.1, -0.05) is 18.2 Å². The lowest BCUT2D eigenvalue weighted by atomic mass is 9.39. The number of piperidine rings is 1. The van der Waals surface area contributed by atoms with E-state index in [1.165, 1.54) is 14.0 Å². The number of carbonyl (C=O) groups is 2. The Labute approximate surface area is 257 Å².